The Bertz CT molecular complexity index is 694. The smallest absolute Gasteiger partial charge is 0.271 e. The number of hydrogen-bond acceptors (Lipinski definition) is 4. The third-order valence-electron chi connectivity index (χ3n) is 2.84. The SMILES string of the molecule is C#Cc1cnc2ccc(OC(SC)C(=O)NCC)cc2c1. The Kier molecular flexibility index (Phi) is 5.07. The topological polar surface area (TPSA) is 51.2 Å². The van der Waals surface area contributed by atoms with Gasteiger partial charge in [-0.2, -0.15) is 0 Å². The minimum Gasteiger partial charge on any atom is -0.470 e. The first kappa shape index (κ1) is 15.2. The number of rotatable bonds is 5. The molecular weight excluding hydrogens is 284 g/mol. The van der Waals surface area contributed by atoms with Crippen LogP contribution in [-0.4, -0.2) is 29.1 Å². The van der Waals surface area contributed by atoms with E-state index in [4.69, 9.17) is 11.2 Å². The molecule has 0 radical (unpaired) electrons. The summed E-state index contributed by atoms with van der Waals surface area (Å²) in [6.45, 7) is 2.45. The second kappa shape index (κ2) is 7.00. The zero-order valence-electron chi connectivity index (χ0n) is 11.9. The number of carbonyl (C=O) groups is 1. The van der Waals surface area contributed by atoms with Gasteiger partial charge in [0.15, 0.2) is 0 Å². The molecule has 0 bridgehead atoms. The molecule has 2 aromatic rings. The largest absolute Gasteiger partial charge is 0.470 e. The lowest BCUT2D eigenvalue weighted by Gasteiger charge is -2.16. The Hall–Kier alpha value is -2.19. The van der Waals surface area contributed by atoms with Crippen LogP contribution in [0.2, 0.25) is 0 Å². The lowest BCUT2D eigenvalue weighted by atomic mass is 10.1. The van der Waals surface area contributed by atoms with Crippen LogP contribution in [0.15, 0.2) is 30.5 Å². The number of hydrogen-bond donors (Lipinski definition) is 1. The van der Waals surface area contributed by atoms with Gasteiger partial charge in [0.05, 0.1) is 5.52 Å². The van der Waals surface area contributed by atoms with Crippen molar-refractivity contribution in [1.82, 2.24) is 10.3 Å². The standard InChI is InChI=1S/C16H16N2O2S/c1-4-11-8-12-9-13(6-7-14(12)18-10-11)20-16(21-3)15(19)17-5-2/h1,6-10,16H,5H2,2-3H3,(H,17,19). The zero-order valence-corrected chi connectivity index (χ0v) is 12.7. The van der Waals surface area contributed by atoms with Crippen LogP contribution in [0.5, 0.6) is 5.75 Å². The number of nitrogens with one attached hydrogen (secondary N) is 1. The lowest BCUT2D eigenvalue weighted by Crippen LogP contribution is -2.35. The number of ether oxygens (including phenoxy) is 1. The van der Waals surface area contributed by atoms with Crippen molar-refractivity contribution in [1.29, 1.82) is 0 Å². The van der Waals surface area contributed by atoms with Gasteiger partial charge in [-0.3, -0.25) is 9.78 Å². The average Bonchev–Trinajstić information content (AvgIpc) is 2.51. The predicted octanol–water partition coefficient (Wildman–Crippen LogP) is 2.42. The fraction of sp³-hybridized carbons (Fsp3) is 0.250. The van der Waals surface area contributed by atoms with Gasteiger partial charge < -0.3 is 10.1 Å². The molecule has 4 nitrogen and oxygen atoms in total. The molecule has 1 atom stereocenters. The van der Waals surface area contributed by atoms with E-state index in [9.17, 15) is 4.79 Å². The highest BCUT2D eigenvalue weighted by atomic mass is 32.2. The molecule has 0 saturated heterocycles. The number of likely N-dealkylation sites (N-methyl/N-ethyl adjacent to an activating group) is 1. The Balaban J connectivity index is 2.25. The maximum absolute atomic E-state index is 11.8. The first-order valence-corrected chi connectivity index (χ1v) is 7.80. The predicted molar refractivity (Wildman–Crippen MR) is 86.3 cm³/mol. The van der Waals surface area contributed by atoms with Gasteiger partial charge in [-0.05, 0) is 37.4 Å². The molecule has 108 valence electrons. The van der Waals surface area contributed by atoms with Crippen LogP contribution in [0.4, 0.5) is 0 Å². The van der Waals surface area contributed by atoms with Gasteiger partial charge in [-0.25, -0.2) is 0 Å². The molecular formula is C16H16N2O2S. The Morgan fingerprint density at radius 2 is 2.33 bits per heavy atom. The van der Waals surface area contributed by atoms with Gasteiger partial charge in [0.1, 0.15) is 5.75 Å². The summed E-state index contributed by atoms with van der Waals surface area (Å²) >= 11 is 1.34. The van der Waals surface area contributed by atoms with Gasteiger partial charge in [0, 0.05) is 23.7 Å². The number of amides is 1. The van der Waals surface area contributed by atoms with Crippen LogP contribution in [0.3, 0.4) is 0 Å². The summed E-state index contributed by atoms with van der Waals surface area (Å²) in [5.74, 6) is 3.03. The lowest BCUT2D eigenvalue weighted by molar-refractivity contribution is -0.124. The van der Waals surface area contributed by atoms with Crippen LogP contribution in [-0.2, 0) is 4.79 Å². The molecule has 1 heterocycles. The summed E-state index contributed by atoms with van der Waals surface area (Å²) in [5.41, 5.74) is 0.969. The van der Waals surface area contributed by atoms with Crippen molar-refractivity contribution in [3.05, 3.63) is 36.0 Å². The normalized spacial score (nSPS) is 11.7. The number of benzene rings is 1. The third-order valence-corrected chi connectivity index (χ3v) is 3.58. The Morgan fingerprint density at radius 3 is 3.00 bits per heavy atom. The molecule has 0 aliphatic heterocycles. The van der Waals surface area contributed by atoms with Gasteiger partial charge in [-0.15, -0.1) is 18.2 Å². The summed E-state index contributed by atoms with van der Waals surface area (Å²) in [6, 6.07) is 7.36. The highest BCUT2D eigenvalue weighted by Gasteiger charge is 2.18. The number of fused-ring (bicyclic) bond motifs is 1. The Labute approximate surface area is 128 Å². The molecule has 1 amide bonds. The summed E-state index contributed by atoms with van der Waals surface area (Å²) < 4.78 is 5.73. The number of thioether (sulfide) groups is 1. The number of terminal acetylenes is 1. The van der Waals surface area contributed by atoms with E-state index < -0.39 is 5.44 Å². The molecule has 0 saturated carbocycles. The van der Waals surface area contributed by atoms with Crippen LogP contribution in [0, 0.1) is 12.3 Å². The van der Waals surface area contributed by atoms with Crippen molar-refractivity contribution in [2.45, 2.75) is 12.4 Å². The van der Waals surface area contributed by atoms with Crippen molar-refractivity contribution in [3.63, 3.8) is 0 Å². The summed E-state index contributed by atoms with van der Waals surface area (Å²) in [4.78, 5) is 16.1. The van der Waals surface area contributed by atoms with E-state index in [1.54, 1.807) is 12.3 Å². The second-order valence-electron chi connectivity index (χ2n) is 4.30. The first-order valence-electron chi connectivity index (χ1n) is 6.51. The van der Waals surface area contributed by atoms with E-state index in [0.717, 1.165) is 10.9 Å². The minimum atomic E-state index is -0.578. The van der Waals surface area contributed by atoms with Crippen LogP contribution >= 0.6 is 11.8 Å². The van der Waals surface area contributed by atoms with Gasteiger partial charge in [0.25, 0.3) is 5.91 Å². The first-order chi connectivity index (χ1) is 10.2. The molecule has 0 fully saturated rings. The van der Waals surface area contributed by atoms with Crippen LogP contribution < -0.4 is 10.1 Å². The van der Waals surface area contributed by atoms with E-state index in [1.807, 2.05) is 31.4 Å². The summed E-state index contributed by atoms with van der Waals surface area (Å²) in [6.07, 6.45) is 8.86. The Morgan fingerprint density at radius 1 is 1.52 bits per heavy atom. The molecule has 0 aliphatic carbocycles. The molecule has 2 rings (SSSR count). The molecule has 0 spiro atoms. The van der Waals surface area contributed by atoms with Gasteiger partial charge in [-0.1, -0.05) is 5.92 Å². The maximum Gasteiger partial charge on any atom is 0.271 e. The van der Waals surface area contributed by atoms with Crippen molar-refractivity contribution in [2.75, 3.05) is 12.8 Å². The number of aromatic nitrogens is 1. The molecule has 1 unspecified atom stereocenters. The number of pyridine rings is 1. The number of carbonyl (C=O) groups excluding carboxylic acids is 1. The molecule has 1 aromatic heterocycles. The third kappa shape index (κ3) is 3.67. The van der Waals surface area contributed by atoms with E-state index in [2.05, 4.69) is 16.2 Å². The summed E-state index contributed by atoms with van der Waals surface area (Å²) in [7, 11) is 0. The minimum absolute atomic E-state index is 0.138. The van der Waals surface area contributed by atoms with E-state index in [-0.39, 0.29) is 5.91 Å². The molecule has 1 N–H and O–H groups in total. The number of nitrogens with zero attached hydrogens (tertiary/aromatic N) is 1. The molecule has 21 heavy (non-hydrogen) atoms. The van der Waals surface area contributed by atoms with E-state index in [0.29, 0.717) is 17.9 Å². The monoisotopic (exact) mass is 300 g/mol. The van der Waals surface area contributed by atoms with E-state index in [1.165, 1.54) is 11.8 Å². The summed E-state index contributed by atoms with van der Waals surface area (Å²) in [5, 5.41) is 3.64. The zero-order chi connectivity index (χ0) is 15.2. The molecule has 5 heteroatoms. The van der Waals surface area contributed by atoms with Crippen LogP contribution in [0.1, 0.15) is 12.5 Å². The fourth-order valence-corrected chi connectivity index (χ4v) is 2.36. The van der Waals surface area contributed by atoms with Crippen molar-refractivity contribution >= 4 is 28.6 Å². The van der Waals surface area contributed by atoms with Crippen molar-refractivity contribution in [2.24, 2.45) is 0 Å². The van der Waals surface area contributed by atoms with Crippen molar-refractivity contribution in [3.8, 4) is 18.1 Å². The van der Waals surface area contributed by atoms with Gasteiger partial charge in [0.2, 0.25) is 5.44 Å². The second-order valence-corrected chi connectivity index (χ2v) is 5.20. The van der Waals surface area contributed by atoms with Crippen molar-refractivity contribution < 1.29 is 9.53 Å². The van der Waals surface area contributed by atoms with Crippen LogP contribution in [0.25, 0.3) is 10.9 Å². The average molecular weight is 300 g/mol. The quantitative estimate of drug-likeness (QED) is 0.680. The highest BCUT2D eigenvalue weighted by Crippen LogP contribution is 2.23. The molecule has 0 aliphatic rings. The highest BCUT2D eigenvalue weighted by molar-refractivity contribution is 7.99. The van der Waals surface area contributed by atoms with E-state index >= 15 is 0 Å². The maximum atomic E-state index is 11.8. The van der Waals surface area contributed by atoms with Gasteiger partial charge >= 0.3 is 0 Å². The fourth-order valence-electron chi connectivity index (χ4n) is 1.85. The molecule has 1 aromatic carbocycles.